The van der Waals surface area contributed by atoms with Crippen LogP contribution in [-0.2, 0) is 0 Å². The van der Waals surface area contributed by atoms with Gasteiger partial charge in [0.05, 0.1) is 28.7 Å². The molecule has 1 amide bonds. The van der Waals surface area contributed by atoms with Crippen LogP contribution >= 0.6 is 11.6 Å². The predicted octanol–water partition coefficient (Wildman–Crippen LogP) is 4.94. The van der Waals surface area contributed by atoms with Crippen LogP contribution in [-0.4, -0.2) is 25.8 Å². The number of hydrogen-bond acceptors (Lipinski definition) is 6. The first-order chi connectivity index (χ1) is 14.6. The first-order valence-electron chi connectivity index (χ1n) is 9.03. The molecule has 0 aliphatic rings. The highest BCUT2D eigenvalue weighted by atomic mass is 35.5. The molecule has 0 aliphatic heterocycles. The monoisotopic (exact) mass is 417 g/mol. The second-order valence-corrected chi connectivity index (χ2v) is 6.75. The highest BCUT2D eigenvalue weighted by Gasteiger charge is 2.12. The fraction of sp³-hybridized carbons (Fsp3) is 0.0455. The zero-order chi connectivity index (χ0) is 20.9. The minimum Gasteiger partial charge on any atom is -0.439 e. The highest BCUT2D eigenvalue weighted by molar-refractivity contribution is 6.33. The fourth-order valence-electron chi connectivity index (χ4n) is 2.71. The van der Waals surface area contributed by atoms with Crippen molar-refractivity contribution in [2.24, 2.45) is 0 Å². The van der Waals surface area contributed by atoms with Gasteiger partial charge >= 0.3 is 0 Å². The number of amides is 1. The Balaban J connectivity index is 1.53. The maximum absolute atomic E-state index is 12.4. The molecule has 3 aromatic heterocycles. The van der Waals surface area contributed by atoms with Crippen LogP contribution in [0.25, 0.3) is 11.3 Å². The van der Waals surface area contributed by atoms with Crippen LogP contribution in [0.2, 0.25) is 5.02 Å². The van der Waals surface area contributed by atoms with Gasteiger partial charge in [0.25, 0.3) is 5.91 Å². The van der Waals surface area contributed by atoms with E-state index in [-0.39, 0.29) is 5.91 Å². The SMILES string of the molecule is Cc1ccncc1C(=O)Nc1cnc(-c2cc(Oc3ccccn3)ccc2Cl)cn1. The Hall–Kier alpha value is -3.84. The van der Waals surface area contributed by atoms with Gasteiger partial charge in [-0.1, -0.05) is 17.7 Å². The molecular formula is C22H16ClN5O2. The summed E-state index contributed by atoms with van der Waals surface area (Å²) in [6.07, 6.45) is 7.81. The lowest BCUT2D eigenvalue weighted by molar-refractivity contribution is 0.102. The van der Waals surface area contributed by atoms with Crippen molar-refractivity contribution in [2.75, 3.05) is 5.32 Å². The Morgan fingerprint density at radius 3 is 2.63 bits per heavy atom. The number of carbonyl (C=O) groups excluding carboxylic acids is 1. The minimum absolute atomic E-state index is 0.300. The van der Waals surface area contributed by atoms with Gasteiger partial charge in [-0.05, 0) is 42.8 Å². The van der Waals surface area contributed by atoms with Gasteiger partial charge in [-0.3, -0.25) is 14.8 Å². The van der Waals surface area contributed by atoms with E-state index < -0.39 is 0 Å². The van der Waals surface area contributed by atoms with Crippen LogP contribution in [0.3, 0.4) is 0 Å². The van der Waals surface area contributed by atoms with E-state index in [4.69, 9.17) is 16.3 Å². The molecule has 0 fully saturated rings. The summed E-state index contributed by atoms with van der Waals surface area (Å²) >= 11 is 6.34. The number of hydrogen-bond donors (Lipinski definition) is 1. The average molecular weight is 418 g/mol. The second kappa shape index (κ2) is 8.67. The van der Waals surface area contributed by atoms with Crippen molar-refractivity contribution in [3.05, 3.63) is 89.6 Å². The van der Waals surface area contributed by atoms with Crippen molar-refractivity contribution in [2.45, 2.75) is 6.92 Å². The van der Waals surface area contributed by atoms with Gasteiger partial charge in [-0.15, -0.1) is 0 Å². The molecule has 1 aromatic carbocycles. The zero-order valence-corrected chi connectivity index (χ0v) is 16.7. The normalized spacial score (nSPS) is 10.5. The number of nitrogens with one attached hydrogen (secondary N) is 1. The van der Waals surface area contributed by atoms with Crippen molar-refractivity contribution in [1.29, 1.82) is 0 Å². The summed E-state index contributed by atoms with van der Waals surface area (Å²) in [6.45, 7) is 1.84. The molecule has 7 nitrogen and oxygen atoms in total. The maximum Gasteiger partial charge on any atom is 0.258 e. The summed E-state index contributed by atoms with van der Waals surface area (Å²) in [6, 6.07) is 12.4. The number of halogens is 1. The lowest BCUT2D eigenvalue weighted by Gasteiger charge is -2.09. The Bertz CT molecular complexity index is 1180. The van der Waals surface area contributed by atoms with E-state index >= 15 is 0 Å². The fourth-order valence-corrected chi connectivity index (χ4v) is 2.92. The van der Waals surface area contributed by atoms with Crippen LogP contribution in [0.5, 0.6) is 11.6 Å². The van der Waals surface area contributed by atoms with Gasteiger partial charge in [-0.2, -0.15) is 0 Å². The number of rotatable bonds is 5. The average Bonchev–Trinajstić information content (AvgIpc) is 2.77. The van der Waals surface area contributed by atoms with Crippen molar-refractivity contribution in [3.63, 3.8) is 0 Å². The molecule has 0 saturated carbocycles. The summed E-state index contributed by atoms with van der Waals surface area (Å²) in [5.74, 6) is 1.07. The largest absolute Gasteiger partial charge is 0.439 e. The third-order valence-electron chi connectivity index (χ3n) is 4.25. The molecule has 0 saturated heterocycles. The minimum atomic E-state index is -0.300. The van der Waals surface area contributed by atoms with Crippen molar-refractivity contribution < 1.29 is 9.53 Å². The molecule has 4 rings (SSSR count). The first-order valence-corrected chi connectivity index (χ1v) is 9.41. The molecule has 0 bridgehead atoms. The topological polar surface area (TPSA) is 89.9 Å². The summed E-state index contributed by atoms with van der Waals surface area (Å²) < 4.78 is 5.75. The van der Waals surface area contributed by atoms with E-state index in [1.165, 1.54) is 18.6 Å². The summed E-state index contributed by atoms with van der Waals surface area (Å²) in [5, 5.41) is 3.22. The Morgan fingerprint density at radius 2 is 1.90 bits per heavy atom. The number of aromatic nitrogens is 4. The van der Waals surface area contributed by atoms with Gasteiger partial charge in [-0.25, -0.2) is 9.97 Å². The molecular weight excluding hydrogens is 402 g/mol. The number of carbonyl (C=O) groups is 1. The number of pyridine rings is 2. The molecule has 0 unspecified atom stereocenters. The van der Waals surface area contributed by atoms with Crippen LogP contribution < -0.4 is 10.1 Å². The molecule has 148 valence electrons. The summed E-state index contributed by atoms with van der Waals surface area (Å²) in [5.41, 5.74) is 2.50. The Kier molecular flexibility index (Phi) is 5.63. The van der Waals surface area contributed by atoms with E-state index in [0.29, 0.717) is 39.3 Å². The van der Waals surface area contributed by atoms with E-state index in [9.17, 15) is 4.79 Å². The maximum atomic E-state index is 12.4. The highest BCUT2D eigenvalue weighted by Crippen LogP contribution is 2.31. The molecule has 3 heterocycles. The zero-order valence-electron chi connectivity index (χ0n) is 15.9. The van der Waals surface area contributed by atoms with Crippen LogP contribution in [0.4, 0.5) is 5.82 Å². The number of nitrogens with zero attached hydrogens (tertiary/aromatic N) is 4. The number of anilines is 1. The van der Waals surface area contributed by atoms with Crippen molar-refractivity contribution in [3.8, 4) is 22.9 Å². The second-order valence-electron chi connectivity index (χ2n) is 6.34. The standard InChI is InChI=1S/C22H16ClN5O2/c1-14-7-9-24-11-17(14)22(29)28-20-13-26-19(12-27-20)16-10-15(5-6-18(16)23)30-21-4-2-3-8-25-21/h2-13H,1H3,(H,27,28,29). The molecule has 4 aromatic rings. The van der Waals surface area contributed by atoms with E-state index in [2.05, 4.69) is 25.3 Å². The van der Waals surface area contributed by atoms with Gasteiger partial charge in [0.15, 0.2) is 5.82 Å². The first kappa shape index (κ1) is 19.5. The van der Waals surface area contributed by atoms with Crippen LogP contribution in [0, 0.1) is 6.92 Å². The van der Waals surface area contributed by atoms with E-state index in [1.54, 1.807) is 42.7 Å². The summed E-state index contributed by atoms with van der Waals surface area (Å²) in [4.78, 5) is 29.2. The van der Waals surface area contributed by atoms with Gasteiger partial charge < -0.3 is 10.1 Å². The molecule has 0 atom stereocenters. The lowest BCUT2D eigenvalue weighted by Crippen LogP contribution is -2.14. The van der Waals surface area contributed by atoms with Gasteiger partial charge in [0, 0.05) is 30.2 Å². The number of aryl methyl sites for hydroxylation is 1. The molecule has 30 heavy (non-hydrogen) atoms. The smallest absolute Gasteiger partial charge is 0.258 e. The Morgan fingerprint density at radius 1 is 1.00 bits per heavy atom. The van der Waals surface area contributed by atoms with Crippen molar-refractivity contribution >= 4 is 23.3 Å². The Labute approximate surface area is 177 Å². The number of ether oxygens (including phenoxy) is 1. The number of benzene rings is 1. The third kappa shape index (κ3) is 4.42. The third-order valence-corrected chi connectivity index (χ3v) is 4.58. The van der Waals surface area contributed by atoms with Crippen LogP contribution in [0.15, 0.2) is 73.4 Å². The predicted molar refractivity (Wildman–Crippen MR) is 114 cm³/mol. The quantitative estimate of drug-likeness (QED) is 0.494. The van der Waals surface area contributed by atoms with Crippen molar-refractivity contribution in [1.82, 2.24) is 19.9 Å². The molecule has 8 heteroatoms. The molecule has 0 radical (unpaired) electrons. The molecule has 1 N–H and O–H groups in total. The molecule has 0 aliphatic carbocycles. The lowest BCUT2D eigenvalue weighted by atomic mass is 10.1. The van der Waals surface area contributed by atoms with E-state index in [1.807, 2.05) is 19.1 Å². The van der Waals surface area contributed by atoms with Crippen LogP contribution in [0.1, 0.15) is 15.9 Å². The van der Waals surface area contributed by atoms with Gasteiger partial charge in [0.2, 0.25) is 5.88 Å². The van der Waals surface area contributed by atoms with Gasteiger partial charge in [0.1, 0.15) is 5.75 Å². The molecule has 0 spiro atoms. The van der Waals surface area contributed by atoms with E-state index in [0.717, 1.165) is 5.56 Å². The summed E-state index contributed by atoms with van der Waals surface area (Å²) in [7, 11) is 0.